The second-order valence-electron chi connectivity index (χ2n) is 8.63. The summed E-state index contributed by atoms with van der Waals surface area (Å²) < 4.78 is 0. The Morgan fingerprint density at radius 3 is 0.767 bits per heavy atom. The van der Waals surface area contributed by atoms with Crippen molar-refractivity contribution < 1.29 is 0 Å². The Hall–Kier alpha value is -3.12. The molecule has 0 aliphatic carbocycles. The Labute approximate surface area is 181 Å². The van der Waals surface area contributed by atoms with E-state index in [-0.39, 0.29) is 10.8 Å². The van der Waals surface area contributed by atoms with E-state index in [1.54, 1.807) is 0 Å². The van der Waals surface area contributed by atoms with Gasteiger partial charge < -0.3 is 0 Å². The van der Waals surface area contributed by atoms with Crippen LogP contribution in [-0.4, -0.2) is 0 Å². The van der Waals surface area contributed by atoms with Crippen LogP contribution in [0.25, 0.3) is 0 Å². The van der Waals surface area contributed by atoms with E-state index in [9.17, 15) is 0 Å². The molecule has 0 saturated carbocycles. The van der Waals surface area contributed by atoms with Gasteiger partial charge in [0.25, 0.3) is 0 Å². The van der Waals surface area contributed by atoms with Crippen molar-refractivity contribution in [3.05, 3.63) is 144 Å². The smallest absolute Gasteiger partial charge is 0.0175 e. The van der Waals surface area contributed by atoms with Crippen molar-refractivity contribution in [3.63, 3.8) is 0 Å². The van der Waals surface area contributed by atoms with Gasteiger partial charge in [0.15, 0.2) is 0 Å². The number of hydrogen-bond donors (Lipinski definition) is 0. The van der Waals surface area contributed by atoms with Gasteiger partial charge in [-0.2, -0.15) is 0 Å². The molecule has 0 unspecified atom stereocenters. The van der Waals surface area contributed by atoms with Gasteiger partial charge in [-0.05, 0) is 35.1 Å². The Kier molecular flexibility index (Phi) is 5.86. The molecular weight excluding hydrogens is 360 g/mol. The summed E-state index contributed by atoms with van der Waals surface area (Å²) in [4.78, 5) is 0. The number of hydrogen-bond acceptors (Lipinski definition) is 0. The Morgan fingerprint density at radius 2 is 0.567 bits per heavy atom. The minimum Gasteiger partial charge on any atom is -0.0622 e. The summed E-state index contributed by atoms with van der Waals surface area (Å²) in [5.41, 5.74) is 5.40. The lowest BCUT2D eigenvalue weighted by Gasteiger charge is -2.37. The average molecular weight is 391 g/mol. The Morgan fingerprint density at radius 1 is 0.367 bits per heavy atom. The maximum atomic E-state index is 2.40. The molecule has 0 fully saturated rings. The molecule has 0 N–H and O–H groups in total. The van der Waals surface area contributed by atoms with Crippen molar-refractivity contribution in [1.82, 2.24) is 0 Å². The molecule has 0 radical (unpaired) electrons. The first kappa shape index (κ1) is 20.2. The monoisotopic (exact) mass is 390 g/mol. The molecular formula is C30H30. The Balaban J connectivity index is 1.76. The van der Waals surface area contributed by atoms with Crippen LogP contribution < -0.4 is 0 Å². The van der Waals surface area contributed by atoms with Crippen LogP contribution in [0.1, 0.15) is 48.9 Å². The molecule has 30 heavy (non-hydrogen) atoms. The molecule has 0 nitrogen and oxygen atoms in total. The summed E-state index contributed by atoms with van der Waals surface area (Å²) in [5.74, 6) is 0. The molecule has 4 aromatic carbocycles. The van der Waals surface area contributed by atoms with Gasteiger partial charge in [-0.1, -0.05) is 135 Å². The predicted molar refractivity (Wildman–Crippen MR) is 128 cm³/mol. The van der Waals surface area contributed by atoms with Crippen molar-refractivity contribution in [2.24, 2.45) is 0 Å². The maximum Gasteiger partial charge on any atom is 0.0175 e. The van der Waals surface area contributed by atoms with Crippen LogP contribution in [-0.2, 0) is 10.8 Å². The molecule has 4 rings (SSSR count). The fraction of sp³-hybridized carbons (Fsp3) is 0.200. The van der Waals surface area contributed by atoms with Gasteiger partial charge in [0.1, 0.15) is 0 Å². The van der Waals surface area contributed by atoms with Gasteiger partial charge in [0.05, 0.1) is 0 Å². The van der Waals surface area contributed by atoms with Gasteiger partial charge in [-0.25, -0.2) is 0 Å². The van der Waals surface area contributed by atoms with Gasteiger partial charge in [0, 0.05) is 10.8 Å². The van der Waals surface area contributed by atoms with Crippen molar-refractivity contribution >= 4 is 0 Å². The molecule has 0 heteroatoms. The summed E-state index contributed by atoms with van der Waals surface area (Å²) >= 11 is 0. The first-order valence-corrected chi connectivity index (χ1v) is 10.8. The van der Waals surface area contributed by atoms with Gasteiger partial charge in [0.2, 0.25) is 0 Å². The van der Waals surface area contributed by atoms with Crippen LogP contribution in [0.4, 0.5) is 0 Å². The van der Waals surface area contributed by atoms with E-state index in [4.69, 9.17) is 0 Å². The highest BCUT2D eigenvalue weighted by Gasteiger charge is 2.35. The minimum atomic E-state index is -0.0483. The van der Waals surface area contributed by atoms with Crippen molar-refractivity contribution in [1.29, 1.82) is 0 Å². The predicted octanol–water partition coefficient (Wildman–Crippen LogP) is 7.78. The molecule has 0 atom stereocenters. The zero-order valence-electron chi connectivity index (χ0n) is 18.0. The van der Waals surface area contributed by atoms with Crippen LogP contribution in [0, 0.1) is 0 Å². The third-order valence-corrected chi connectivity index (χ3v) is 6.77. The van der Waals surface area contributed by atoms with Crippen molar-refractivity contribution in [2.75, 3.05) is 0 Å². The first-order chi connectivity index (χ1) is 14.6. The fourth-order valence-corrected chi connectivity index (χ4v) is 4.63. The third kappa shape index (κ3) is 3.96. The molecule has 0 saturated heterocycles. The second kappa shape index (κ2) is 8.71. The molecule has 0 bridgehead atoms. The van der Waals surface area contributed by atoms with E-state index in [1.807, 2.05) is 0 Å². The lowest BCUT2D eigenvalue weighted by Crippen LogP contribution is -2.30. The van der Waals surface area contributed by atoms with Gasteiger partial charge in [-0.3, -0.25) is 0 Å². The summed E-state index contributed by atoms with van der Waals surface area (Å²) in [5, 5.41) is 0. The van der Waals surface area contributed by atoms with E-state index in [0.29, 0.717) is 0 Å². The molecule has 0 aromatic heterocycles. The lowest BCUT2D eigenvalue weighted by molar-refractivity contribution is 0.413. The zero-order chi connectivity index (χ0) is 20.9. The van der Waals surface area contributed by atoms with Gasteiger partial charge >= 0.3 is 0 Å². The van der Waals surface area contributed by atoms with Crippen LogP contribution in [0.3, 0.4) is 0 Å². The lowest BCUT2D eigenvalue weighted by atomic mass is 9.66. The van der Waals surface area contributed by atoms with E-state index in [2.05, 4.69) is 135 Å². The van der Waals surface area contributed by atoms with E-state index >= 15 is 0 Å². The largest absolute Gasteiger partial charge is 0.0622 e. The summed E-state index contributed by atoms with van der Waals surface area (Å²) in [6, 6.07) is 43.9. The second-order valence-corrected chi connectivity index (χ2v) is 8.63. The van der Waals surface area contributed by atoms with Crippen molar-refractivity contribution in [3.8, 4) is 0 Å². The molecule has 4 aromatic rings. The molecule has 0 heterocycles. The number of rotatable bonds is 7. The summed E-state index contributed by atoms with van der Waals surface area (Å²) in [7, 11) is 0. The summed E-state index contributed by atoms with van der Waals surface area (Å²) in [6.45, 7) is 4.79. The average Bonchev–Trinajstić information content (AvgIpc) is 2.84. The standard InChI is InChI=1S/C30H30/c1-29(25-15-7-3-8-16-25,26-17-9-4-10-18-26)23-24-30(2,27-19-11-5-12-20-27)28-21-13-6-14-22-28/h3-22H,23-24H2,1-2H3. The van der Waals surface area contributed by atoms with E-state index in [1.165, 1.54) is 22.3 Å². The highest BCUT2D eigenvalue weighted by molar-refractivity contribution is 5.41. The molecule has 0 aliphatic heterocycles. The van der Waals surface area contributed by atoms with Gasteiger partial charge in [-0.15, -0.1) is 0 Å². The van der Waals surface area contributed by atoms with E-state index in [0.717, 1.165) is 12.8 Å². The minimum absolute atomic E-state index is 0.0483. The van der Waals surface area contributed by atoms with Crippen molar-refractivity contribution in [2.45, 2.75) is 37.5 Å². The zero-order valence-corrected chi connectivity index (χ0v) is 18.0. The highest BCUT2D eigenvalue weighted by atomic mass is 14.4. The van der Waals surface area contributed by atoms with Crippen LogP contribution >= 0.6 is 0 Å². The van der Waals surface area contributed by atoms with E-state index < -0.39 is 0 Å². The molecule has 150 valence electrons. The first-order valence-electron chi connectivity index (χ1n) is 10.8. The fourth-order valence-electron chi connectivity index (χ4n) is 4.63. The van der Waals surface area contributed by atoms with Crippen LogP contribution in [0.5, 0.6) is 0 Å². The topological polar surface area (TPSA) is 0 Å². The maximum absolute atomic E-state index is 2.40. The number of benzene rings is 4. The highest BCUT2D eigenvalue weighted by Crippen LogP contribution is 2.43. The SMILES string of the molecule is CC(CCC(C)(c1ccccc1)c1ccccc1)(c1ccccc1)c1ccccc1. The molecule has 0 aliphatic rings. The third-order valence-electron chi connectivity index (χ3n) is 6.77. The normalized spacial score (nSPS) is 11.9. The molecule has 0 amide bonds. The molecule has 0 spiro atoms. The summed E-state index contributed by atoms with van der Waals surface area (Å²) in [6.07, 6.45) is 2.11. The Bertz CT molecular complexity index is 866. The van der Waals surface area contributed by atoms with Crippen LogP contribution in [0.15, 0.2) is 121 Å². The van der Waals surface area contributed by atoms with Crippen LogP contribution in [0.2, 0.25) is 0 Å². The quantitative estimate of drug-likeness (QED) is 0.302.